The van der Waals surface area contributed by atoms with Gasteiger partial charge in [-0.15, -0.1) is 0 Å². The summed E-state index contributed by atoms with van der Waals surface area (Å²) in [4.78, 5) is 18.4. The number of fused-ring (bicyclic) bond motifs is 1. The van der Waals surface area contributed by atoms with Gasteiger partial charge < -0.3 is 4.42 Å². The van der Waals surface area contributed by atoms with E-state index in [1.54, 1.807) is 18.2 Å². The van der Waals surface area contributed by atoms with Gasteiger partial charge in [-0.05, 0) is 35.2 Å². The molecule has 0 bridgehead atoms. The Morgan fingerprint density at radius 2 is 1.82 bits per heavy atom. The van der Waals surface area contributed by atoms with Gasteiger partial charge in [0.2, 0.25) is 12.0 Å². The van der Waals surface area contributed by atoms with Crippen LogP contribution >= 0.6 is 0 Å². The number of hydrogen-bond acceptors (Lipinski definition) is 4. The van der Waals surface area contributed by atoms with Crippen LogP contribution in [-0.4, -0.2) is 11.1 Å². The number of hydrogen-bond donors (Lipinski definition) is 0. The van der Waals surface area contributed by atoms with E-state index >= 15 is 0 Å². The molecule has 2 aromatic carbocycles. The van der Waals surface area contributed by atoms with Crippen LogP contribution in [0.25, 0.3) is 22.6 Å². The minimum atomic E-state index is 0.113. The number of nitrogens with zero attached hydrogens (tertiary/aromatic N) is 2. The Balaban J connectivity index is 2.01. The van der Waals surface area contributed by atoms with E-state index in [-0.39, 0.29) is 5.41 Å². The minimum absolute atomic E-state index is 0.113. The first-order chi connectivity index (χ1) is 10.5. The summed E-state index contributed by atoms with van der Waals surface area (Å²) in [7, 11) is 0. The minimum Gasteiger partial charge on any atom is -0.436 e. The van der Waals surface area contributed by atoms with E-state index in [0.717, 1.165) is 11.1 Å². The maximum absolute atomic E-state index is 10.3. The molecule has 0 saturated heterocycles. The lowest BCUT2D eigenvalue weighted by Gasteiger charge is -2.18. The number of rotatable bonds is 2. The standard InChI is InChI=1S/C18H16N2O2/c1-18(2,3)13-6-4-12(5-7-13)17-20-15-9-8-14(19-11-21)10-16(15)22-17/h4-10H,1-3H3. The second kappa shape index (κ2) is 5.24. The van der Waals surface area contributed by atoms with Crippen molar-refractivity contribution in [1.29, 1.82) is 0 Å². The van der Waals surface area contributed by atoms with Gasteiger partial charge in [0.15, 0.2) is 5.58 Å². The molecular formula is C18H16N2O2. The van der Waals surface area contributed by atoms with Crippen molar-refractivity contribution in [3.8, 4) is 11.5 Å². The van der Waals surface area contributed by atoms with Crippen LogP contribution in [0.3, 0.4) is 0 Å². The largest absolute Gasteiger partial charge is 0.436 e. The predicted molar refractivity (Wildman–Crippen MR) is 85.9 cm³/mol. The zero-order valence-corrected chi connectivity index (χ0v) is 12.8. The van der Waals surface area contributed by atoms with Crippen LogP contribution in [0.15, 0.2) is 51.9 Å². The van der Waals surface area contributed by atoms with Crippen molar-refractivity contribution < 1.29 is 9.21 Å². The molecule has 4 heteroatoms. The Morgan fingerprint density at radius 1 is 1.09 bits per heavy atom. The Morgan fingerprint density at radius 3 is 2.45 bits per heavy atom. The number of carbonyl (C=O) groups excluding carboxylic acids is 1. The second-order valence-corrected chi connectivity index (χ2v) is 6.20. The zero-order valence-electron chi connectivity index (χ0n) is 12.8. The van der Waals surface area contributed by atoms with Crippen LogP contribution in [0, 0.1) is 0 Å². The molecule has 0 unspecified atom stereocenters. The van der Waals surface area contributed by atoms with E-state index in [4.69, 9.17) is 4.42 Å². The van der Waals surface area contributed by atoms with Crippen LogP contribution in [0.4, 0.5) is 5.69 Å². The molecule has 3 aromatic rings. The van der Waals surface area contributed by atoms with Crippen LogP contribution in [0.5, 0.6) is 0 Å². The lowest BCUT2D eigenvalue weighted by atomic mass is 9.87. The first-order valence-corrected chi connectivity index (χ1v) is 7.07. The van der Waals surface area contributed by atoms with Crippen LogP contribution in [0.2, 0.25) is 0 Å². The topological polar surface area (TPSA) is 55.5 Å². The number of aromatic nitrogens is 1. The molecule has 3 rings (SSSR count). The van der Waals surface area contributed by atoms with Gasteiger partial charge in [0, 0.05) is 11.6 Å². The molecule has 0 saturated carbocycles. The summed E-state index contributed by atoms with van der Waals surface area (Å²) in [5.74, 6) is 0.558. The van der Waals surface area contributed by atoms with E-state index in [0.29, 0.717) is 17.2 Å². The Hall–Kier alpha value is -2.71. The van der Waals surface area contributed by atoms with E-state index in [1.165, 1.54) is 11.6 Å². The highest BCUT2D eigenvalue weighted by atomic mass is 16.3. The summed E-state index contributed by atoms with van der Waals surface area (Å²) < 4.78 is 5.77. The van der Waals surface area contributed by atoms with E-state index < -0.39 is 0 Å². The molecule has 0 aliphatic carbocycles. The monoisotopic (exact) mass is 292 g/mol. The quantitative estimate of drug-likeness (QED) is 0.505. The van der Waals surface area contributed by atoms with Gasteiger partial charge in [0.25, 0.3) is 0 Å². The van der Waals surface area contributed by atoms with Crippen LogP contribution < -0.4 is 0 Å². The highest BCUT2D eigenvalue weighted by Gasteiger charge is 2.14. The highest BCUT2D eigenvalue weighted by Crippen LogP contribution is 2.29. The first-order valence-electron chi connectivity index (χ1n) is 7.07. The number of isocyanates is 1. The van der Waals surface area contributed by atoms with Crippen molar-refractivity contribution in [2.24, 2.45) is 4.99 Å². The SMILES string of the molecule is CC(C)(C)c1ccc(-c2nc3ccc(N=C=O)cc3o2)cc1. The molecule has 0 atom stereocenters. The first kappa shape index (κ1) is 14.2. The third-order valence-corrected chi connectivity index (χ3v) is 3.54. The average molecular weight is 292 g/mol. The summed E-state index contributed by atoms with van der Waals surface area (Å²) in [6, 6.07) is 13.4. The van der Waals surface area contributed by atoms with E-state index in [1.807, 2.05) is 12.1 Å². The highest BCUT2D eigenvalue weighted by molar-refractivity contribution is 5.79. The van der Waals surface area contributed by atoms with Gasteiger partial charge in [0.1, 0.15) is 5.52 Å². The molecular weight excluding hydrogens is 276 g/mol. The van der Waals surface area contributed by atoms with Gasteiger partial charge in [-0.1, -0.05) is 32.9 Å². The maximum Gasteiger partial charge on any atom is 0.240 e. The Bertz CT molecular complexity index is 864. The van der Waals surface area contributed by atoms with Gasteiger partial charge in [0.05, 0.1) is 5.69 Å². The van der Waals surface area contributed by atoms with Crippen molar-refractivity contribution in [3.05, 3.63) is 48.0 Å². The summed E-state index contributed by atoms with van der Waals surface area (Å²) in [6.45, 7) is 6.53. The third kappa shape index (κ3) is 2.69. The smallest absolute Gasteiger partial charge is 0.240 e. The van der Waals surface area contributed by atoms with E-state index in [9.17, 15) is 4.79 Å². The van der Waals surface area contributed by atoms with Crippen LogP contribution in [-0.2, 0) is 10.2 Å². The molecule has 110 valence electrons. The molecule has 0 aliphatic rings. The maximum atomic E-state index is 10.3. The summed E-state index contributed by atoms with van der Waals surface area (Å²) >= 11 is 0. The fourth-order valence-electron chi connectivity index (χ4n) is 2.27. The van der Waals surface area contributed by atoms with Gasteiger partial charge >= 0.3 is 0 Å². The molecule has 0 amide bonds. The Kier molecular flexibility index (Phi) is 3.39. The summed E-state index contributed by atoms with van der Waals surface area (Å²) in [5.41, 5.74) is 4.14. The normalized spacial score (nSPS) is 11.4. The summed E-state index contributed by atoms with van der Waals surface area (Å²) in [5, 5.41) is 0. The van der Waals surface area contributed by atoms with Crippen LogP contribution in [0.1, 0.15) is 26.3 Å². The molecule has 1 aromatic heterocycles. The second-order valence-electron chi connectivity index (χ2n) is 6.20. The molecule has 0 radical (unpaired) electrons. The average Bonchev–Trinajstić information content (AvgIpc) is 2.90. The van der Waals surface area contributed by atoms with Crippen molar-refractivity contribution in [1.82, 2.24) is 4.98 Å². The molecule has 22 heavy (non-hydrogen) atoms. The van der Waals surface area contributed by atoms with Crippen molar-refractivity contribution in [2.75, 3.05) is 0 Å². The number of benzene rings is 2. The molecule has 0 fully saturated rings. The fourth-order valence-corrected chi connectivity index (χ4v) is 2.27. The molecule has 4 nitrogen and oxygen atoms in total. The van der Waals surface area contributed by atoms with Crippen molar-refractivity contribution in [2.45, 2.75) is 26.2 Å². The van der Waals surface area contributed by atoms with Crippen molar-refractivity contribution in [3.63, 3.8) is 0 Å². The number of oxazole rings is 1. The molecule has 0 aliphatic heterocycles. The fraction of sp³-hybridized carbons (Fsp3) is 0.222. The number of aliphatic imine (C=N–C) groups is 1. The lowest BCUT2D eigenvalue weighted by molar-refractivity contribution is 0.565. The lowest BCUT2D eigenvalue weighted by Crippen LogP contribution is -2.10. The molecule has 0 spiro atoms. The summed E-state index contributed by atoms with van der Waals surface area (Å²) in [6.07, 6.45) is 1.52. The van der Waals surface area contributed by atoms with Gasteiger partial charge in [-0.2, -0.15) is 4.99 Å². The molecule has 0 N–H and O–H groups in total. The zero-order chi connectivity index (χ0) is 15.7. The third-order valence-electron chi connectivity index (χ3n) is 3.54. The molecule has 1 heterocycles. The van der Waals surface area contributed by atoms with Crippen molar-refractivity contribution >= 4 is 22.9 Å². The van der Waals surface area contributed by atoms with E-state index in [2.05, 4.69) is 42.9 Å². The predicted octanol–water partition coefficient (Wildman–Crippen LogP) is 4.76. The van der Waals surface area contributed by atoms with Gasteiger partial charge in [-0.25, -0.2) is 9.78 Å². The Labute approximate surface area is 128 Å². The van der Waals surface area contributed by atoms with Gasteiger partial charge in [-0.3, -0.25) is 0 Å².